The Bertz CT molecular complexity index is 833. The molecule has 2 rings (SSSR count). The van der Waals surface area contributed by atoms with Gasteiger partial charge in [0.2, 0.25) is 0 Å². The molecule has 0 aliphatic rings. The number of alkyl carbamates (subject to hydrolysis) is 1. The highest BCUT2D eigenvalue weighted by Crippen LogP contribution is 3.02. The Morgan fingerprint density at radius 2 is 1.64 bits per heavy atom. The number of aliphatic hydroxyl groups excluding tert-OH is 2. The summed E-state index contributed by atoms with van der Waals surface area (Å²) in [6.07, 6.45) is -4.62. The second kappa shape index (κ2) is 7.22. The van der Waals surface area contributed by atoms with Crippen molar-refractivity contribution in [3.8, 4) is 0 Å². The fourth-order valence-corrected chi connectivity index (χ4v) is 2.93. The number of amides is 1. The second-order valence-corrected chi connectivity index (χ2v) is 8.41. The predicted molar refractivity (Wildman–Crippen MR) is 93.4 cm³/mol. The van der Waals surface area contributed by atoms with Gasteiger partial charge in [0, 0.05) is 6.54 Å². The molecule has 0 radical (unpaired) electrons. The first-order valence-electron chi connectivity index (χ1n) is 7.91. The highest BCUT2D eigenvalue weighted by atomic mass is 32.5. The minimum atomic E-state index is -9.92. The zero-order valence-electron chi connectivity index (χ0n) is 14.3. The van der Waals surface area contributed by atoms with Gasteiger partial charge in [-0.3, -0.25) is 0 Å². The van der Waals surface area contributed by atoms with Crippen molar-refractivity contribution in [1.29, 1.82) is 0 Å². The third kappa shape index (κ3) is 6.36. The number of carbonyl (C=O) groups is 1. The summed E-state index contributed by atoms with van der Waals surface area (Å²) in [5.41, 5.74) is 0.128. The van der Waals surface area contributed by atoms with Gasteiger partial charge < -0.3 is 20.3 Å². The zero-order chi connectivity index (χ0) is 21.1. The van der Waals surface area contributed by atoms with Gasteiger partial charge in [-0.05, 0) is 23.3 Å². The van der Waals surface area contributed by atoms with Crippen molar-refractivity contribution >= 4 is 16.3 Å². The lowest BCUT2D eigenvalue weighted by atomic mass is 10.0. The van der Waals surface area contributed by atoms with E-state index < -0.39 is 45.5 Å². The standard InChI is InChI=1S/C17H18F5NO4S/c18-28(19,20,21,22)14-8-4-7-13(9-14)16(25)15(24)10-23-17(26)27-11-12-5-2-1-3-6-12/h1-9,15-16,24-25H,10-11H2,(H,23,26). The minimum Gasteiger partial charge on any atom is -0.445 e. The Kier molecular flexibility index (Phi) is 5.66. The smallest absolute Gasteiger partial charge is 0.407 e. The first-order valence-corrected chi connectivity index (χ1v) is 9.86. The summed E-state index contributed by atoms with van der Waals surface area (Å²) in [5, 5.41) is 21.9. The van der Waals surface area contributed by atoms with E-state index in [0.29, 0.717) is 11.6 Å². The molecule has 1 amide bonds. The maximum absolute atomic E-state index is 12.9. The SMILES string of the molecule is O=C(NCC(O)C(O)c1cccc(S(F)(F)(F)(F)F)c1)OCc1ccccc1. The molecule has 28 heavy (non-hydrogen) atoms. The first-order chi connectivity index (χ1) is 12.8. The van der Waals surface area contributed by atoms with Gasteiger partial charge in [-0.2, -0.15) is 0 Å². The molecule has 2 aromatic carbocycles. The number of carbonyl (C=O) groups excluding carboxylic acids is 1. The molecule has 0 spiro atoms. The number of nitrogens with one attached hydrogen (secondary N) is 1. The van der Waals surface area contributed by atoms with Gasteiger partial charge in [0.05, 0.1) is 0 Å². The van der Waals surface area contributed by atoms with Crippen molar-refractivity contribution in [2.24, 2.45) is 0 Å². The van der Waals surface area contributed by atoms with E-state index in [4.69, 9.17) is 4.74 Å². The van der Waals surface area contributed by atoms with Crippen LogP contribution in [0.15, 0.2) is 59.5 Å². The van der Waals surface area contributed by atoms with E-state index in [-0.39, 0.29) is 18.7 Å². The normalized spacial score (nSPS) is 16.4. The molecule has 156 valence electrons. The van der Waals surface area contributed by atoms with Crippen LogP contribution in [0.25, 0.3) is 0 Å². The Morgan fingerprint density at radius 1 is 1.00 bits per heavy atom. The molecular weight excluding hydrogens is 409 g/mol. The number of hydrogen-bond acceptors (Lipinski definition) is 4. The van der Waals surface area contributed by atoms with Crippen LogP contribution in [-0.4, -0.2) is 29.0 Å². The highest BCUT2D eigenvalue weighted by molar-refractivity contribution is 8.45. The van der Waals surface area contributed by atoms with E-state index in [9.17, 15) is 34.4 Å². The summed E-state index contributed by atoms with van der Waals surface area (Å²) >= 11 is 0. The maximum atomic E-state index is 12.9. The number of halogens is 5. The Hall–Kier alpha value is -2.37. The van der Waals surface area contributed by atoms with Crippen molar-refractivity contribution < 1.29 is 39.2 Å². The molecule has 0 heterocycles. The van der Waals surface area contributed by atoms with Crippen molar-refractivity contribution in [2.45, 2.75) is 23.7 Å². The van der Waals surface area contributed by atoms with Crippen LogP contribution in [-0.2, 0) is 11.3 Å². The van der Waals surface area contributed by atoms with Crippen molar-refractivity contribution in [3.63, 3.8) is 0 Å². The van der Waals surface area contributed by atoms with Gasteiger partial charge in [-0.25, -0.2) is 4.79 Å². The number of hydrogen-bond donors (Lipinski definition) is 3. The van der Waals surface area contributed by atoms with Crippen molar-refractivity contribution in [1.82, 2.24) is 5.32 Å². The van der Waals surface area contributed by atoms with E-state index in [1.807, 2.05) is 0 Å². The van der Waals surface area contributed by atoms with Crippen molar-refractivity contribution in [3.05, 3.63) is 65.7 Å². The maximum Gasteiger partial charge on any atom is 0.407 e. The number of ether oxygens (including phenoxy) is 1. The van der Waals surface area contributed by atoms with E-state index in [1.165, 1.54) is 0 Å². The van der Waals surface area contributed by atoms with E-state index in [0.717, 1.165) is 6.07 Å². The van der Waals surface area contributed by atoms with Gasteiger partial charge in [-0.1, -0.05) is 61.9 Å². The van der Waals surface area contributed by atoms with E-state index in [2.05, 4.69) is 5.32 Å². The Balaban J connectivity index is 1.94. The molecule has 0 saturated carbocycles. The van der Waals surface area contributed by atoms with E-state index in [1.54, 1.807) is 30.3 Å². The summed E-state index contributed by atoms with van der Waals surface area (Å²) in [5.74, 6) is 0. The largest absolute Gasteiger partial charge is 0.445 e. The molecule has 2 unspecified atom stereocenters. The summed E-state index contributed by atoms with van der Waals surface area (Å²) in [6, 6.07) is 10.6. The summed E-state index contributed by atoms with van der Waals surface area (Å²) in [4.78, 5) is 9.40. The van der Waals surface area contributed by atoms with Crippen LogP contribution < -0.4 is 5.32 Å². The van der Waals surface area contributed by atoms with Crippen molar-refractivity contribution in [2.75, 3.05) is 6.54 Å². The van der Waals surface area contributed by atoms with E-state index >= 15 is 0 Å². The lowest BCUT2D eigenvalue weighted by molar-refractivity contribution is 0.0182. The van der Waals surface area contributed by atoms with Crippen LogP contribution in [0.4, 0.5) is 24.2 Å². The lowest BCUT2D eigenvalue weighted by Crippen LogP contribution is -2.35. The molecule has 5 nitrogen and oxygen atoms in total. The molecular formula is C17H18F5NO4S. The number of rotatable bonds is 7. The first kappa shape index (κ1) is 21.9. The summed E-state index contributed by atoms with van der Waals surface area (Å²) < 4.78 is 69.1. The highest BCUT2D eigenvalue weighted by Gasteiger charge is 2.65. The fraction of sp³-hybridized carbons (Fsp3) is 0.235. The molecule has 2 aromatic rings. The van der Waals surface area contributed by atoms with Gasteiger partial charge in [0.25, 0.3) is 0 Å². The zero-order valence-corrected chi connectivity index (χ0v) is 15.1. The lowest BCUT2D eigenvalue weighted by Gasteiger charge is -2.40. The molecule has 0 saturated heterocycles. The molecule has 0 bridgehead atoms. The van der Waals surface area contributed by atoms with Crippen LogP contribution >= 0.6 is 10.2 Å². The summed E-state index contributed by atoms with van der Waals surface area (Å²) in [6.45, 7) is -0.632. The van der Waals surface area contributed by atoms with Gasteiger partial charge in [0.15, 0.2) is 0 Å². The molecule has 11 heteroatoms. The van der Waals surface area contributed by atoms with Crippen LogP contribution in [0.3, 0.4) is 0 Å². The Morgan fingerprint density at radius 3 is 2.25 bits per heavy atom. The van der Waals surface area contributed by atoms with Gasteiger partial charge in [-0.15, -0.1) is 0 Å². The quantitative estimate of drug-likeness (QED) is 0.562. The second-order valence-electron chi connectivity index (χ2n) is 6.00. The monoisotopic (exact) mass is 427 g/mol. The molecule has 2 atom stereocenters. The molecule has 0 aromatic heterocycles. The van der Waals surface area contributed by atoms with Crippen LogP contribution in [0.2, 0.25) is 0 Å². The van der Waals surface area contributed by atoms with Gasteiger partial charge >= 0.3 is 16.3 Å². The number of benzene rings is 2. The Labute approximate surface area is 157 Å². The van der Waals surface area contributed by atoms with Crippen LogP contribution in [0.5, 0.6) is 0 Å². The molecule has 0 aliphatic heterocycles. The third-order valence-electron chi connectivity index (χ3n) is 3.68. The minimum absolute atomic E-state index is 0.0583. The van der Waals surface area contributed by atoms with Gasteiger partial charge in [0.1, 0.15) is 23.7 Å². The third-order valence-corrected chi connectivity index (χ3v) is 4.82. The summed E-state index contributed by atoms with van der Waals surface area (Å²) in [7, 11) is -9.92. The molecule has 3 N–H and O–H groups in total. The van der Waals surface area contributed by atoms with Crippen LogP contribution in [0.1, 0.15) is 17.2 Å². The molecule has 0 fully saturated rings. The average Bonchev–Trinajstić information content (AvgIpc) is 2.63. The topological polar surface area (TPSA) is 78.8 Å². The average molecular weight is 427 g/mol. The predicted octanol–water partition coefficient (Wildman–Crippen LogP) is 4.66. The fourth-order valence-electron chi connectivity index (χ4n) is 2.23. The number of aliphatic hydroxyl groups is 2. The molecule has 0 aliphatic carbocycles. The van der Waals surface area contributed by atoms with Crippen LogP contribution in [0, 0.1) is 0 Å².